The molecule has 11 heavy (non-hydrogen) atoms. The zero-order valence-corrected chi connectivity index (χ0v) is 5.95. The van der Waals surface area contributed by atoms with Crippen molar-refractivity contribution in [1.82, 2.24) is 0 Å². The van der Waals surface area contributed by atoms with Crippen molar-refractivity contribution in [1.29, 1.82) is 0 Å². The summed E-state index contributed by atoms with van der Waals surface area (Å²) in [5.41, 5.74) is 0. The number of alkyl halides is 1. The fourth-order valence-corrected chi connectivity index (χ4v) is 0.512. The Hall–Kier alpha value is -1.13. The number of aliphatic carboxylic acids is 2. The van der Waals surface area contributed by atoms with Crippen LogP contribution in [0.25, 0.3) is 0 Å². The van der Waals surface area contributed by atoms with E-state index in [0.717, 1.165) is 0 Å². The maximum absolute atomic E-state index is 12.3. The third kappa shape index (κ3) is 3.54. The molecule has 2 N–H and O–H groups in total. The van der Waals surface area contributed by atoms with Gasteiger partial charge < -0.3 is 10.2 Å². The van der Waals surface area contributed by atoms with Crippen molar-refractivity contribution in [2.45, 2.75) is 19.5 Å². The van der Waals surface area contributed by atoms with Crippen LogP contribution in [-0.4, -0.2) is 28.3 Å². The highest BCUT2D eigenvalue weighted by atomic mass is 19.1. The highest BCUT2D eigenvalue weighted by Gasteiger charge is 2.22. The lowest BCUT2D eigenvalue weighted by Crippen LogP contribution is -2.21. The predicted octanol–water partition coefficient (Wildman–Crippen LogP) is 0.520. The summed E-state index contributed by atoms with van der Waals surface area (Å²) < 4.78 is 12.3. The van der Waals surface area contributed by atoms with E-state index in [1.54, 1.807) is 0 Å². The van der Waals surface area contributed by atoms with E-state index in [2.05, 4.69) is 0 Å². The second-order valence-electron chi connectivity index (χ2n) is 2.28. The molecule has 0 amide bonds. The lowest BCUT2D eigenvalue weighted by Gasteiger charge is -2.05. The molecule has 1 unspecified atom stereocenters. The lowest BCUT2D eigenvalue weighted by atomic mass is 10.1. The molecular formula is C6H9FO4. The Morgan fingerprint density at radius 1 is 1.36 bits per heavy atom. The molecule has 0 aliphatic heterocycles. The molecule has 0 aliphatic carbocycles. The molecule has 0 fully saturated rings. The van der Waals surface area contributed by atoms with E-state index in [-0.39, 0.29) is 0 Å². The van der Waals surface area contributed by atoms with Crippen LogP contribution in [0.5, 0.6) is 0 Å². The van der Waals surface area contributed by atoms with E-state index in [0.29, 0.717) is 0 Å². The Balaban J connectivity index is 3.84. The van der Waals surface area contributed by atoms with Crippen LogP contribution in [0.15, 0.2) is 0 Å². The Kier molecular flexibility index (Phi) is 3.50. The molecule has 0 aromatic heterocycles. The van der Waals surface area contributed by atoms with E-state index in [1.807, 2.05) is 0 Å². The highest BCUT2D eigenvalue weighted by molar-refractivity contribution is 5.74. The van der Waals surface area contributed by atoms with Crippen LogP contribution in [0.3, 0.4) is 0 Å². The maximum Gasteiger partial charge on any atom is 0.338 e. The average Bonchev–Trinajstić information content (AvgIpc) is 1.87. The van der Waals surface area contributed by atoms with E-state index >= 15 is 0 Å². The topological polar surface area (TPSA) is 74.6 Å². The molecule has 0 saturated carbocycles. The van der Waals surface area contributed by atoms with E-state index in [1.165, 1.54) is 6.92 Å². The van der Waals surface area contributed by atoms with Crippen molar-refractivity contribution in [3.8, 4) is 0 Å². The van der Waals surface area contributed by atoms with Crippen molar-refractivity contribution in [2.75, 3.05) is 0 Å². The molecule has 0 aromatic rings. The van der Waals surface area contributed by atoms with Gasteiger partial charge in [-0.1, -0.05) is 6.92 Å². The summed E-state index contributed by atoms with van der Waals surface area (Å²) in [4.78, 5) is 20.0. The zero-order valence-electron chi connectivity index (χ0n) is 5.95. The summed E-state index contributed by atoms with van der Waals surface area (Å²) >= 11 is 0. The first-order chi connectivity index (χ1) is 4.95. The van der Waals surface area contributed by atoms with Crippen LogP contribution in [-0.2, 0) is 9.59 Å². The quantitative estimate of drug-likeness (QED) is 0.635. The first kappa shape index (κ1) is 9.87. The SMILES string of the molecule is CC(C[C@@H](F)C(=O)O)C(=O)O. The van der Waals surface area contributed by atoms with E-state index < -0.39 is 30.4 Å². The molecule has 0 heterocycles. The van der Waals surface area contributed by atoms with Gasteiger partial charge in [-0.2, -0.15) is 0 Å². The van der Waals surface area contributed by atoms with Gasteiger partial charge in [0.25, 0.3) is 0 Å². The number of carboxylic acid groups (broad SMARTS) is 2. The number of carbonyl (C=O) groups is 2. The van der Waals surface area contributed by atoms with Crippen LogP contribution in [0.4, 0.5) is 4.39 Å². The molecule has 4 nitrogen and oxygen atoms in total. The monoisotopic (exact) mass is 164 g/mol. The molecule has 0 aromatic carbocycles. The first-order valence-electron chi connectivity index (χ1n) is 3.04. The van der Waals surface area contributed by atoms with Gasteiger partial charge in [-0.3, -0.25) is 4.79 Å². The number of hydrogen-bond acceptors (Lipinski definition) is 2. The van der Waals surface area contributed by atoms with Crippen LogP contribution in [0.2, 0.25) is 0 Å². The van der Waals surface area contributed by atoms with Gasteiger partial charge in [-0.05, 0) is 0 Å². The zero-order chi connectivity index (χ0) is 9.02. The lowest BCUT2D eigenvalue weighted by molar-refractivity contribution is -0.146. The van der Waals surface area contributed by atoms with Gasteiger partial charge in [-0.25, -0.2) is 9.18 Å². The third-order valence-corrected chi connectivity index (χ3v) is 1.25. The fraction of sp³-hybridized carbons (Fsp3) is 0.667. The van der Waals surface area contributed by atoms with Crippen LogP contribution in [0, 0.1) is 5.92 Å². The normalized spacial score (nSPS) is 15.5. The summed E-state index contributed by atoms with van der Waals surface area (Å²) in [6, 6.07) is 0. The summed E-state index contributed by atoms with van der Waals surface area (Å²) in [5, 5.41) is 16.3. The number of rotatable bonds is 4. The second-order valence-corrected chi connectivity index (χ2v) is 2.28. The molecule has 0 spiro atoms. The number of carboxylic acids is 2. The second kappa shape index (κ2) is 3.90. The molecule has 64 valence electrons. The van der Waals surface area contributed by atoms with Gasteiger partial charge in [-0.15, -0.1) is 0 Å². The molecular weight excluding hydrogens is 155 g/mol. The van der Waals surface area contributed by atoms with Gasteiger partial charge in [0.15, 0.2) is 6.17 Å². The van der Waals surface area contributed by atoms with Crippen molar-refractivity contribution >= 4 is 11.9 Å². The summed E-state index contributed by atoms with van der Waals surface area (Å²) in [6.07, 6.45) is -2.56. The standard InChI is InChI=1S/C6H9FO4/c1-3(5(8)9)2-4(7)6(10)11/h3-4H,2H2,1H3,(H,8,9)(H,10,11)/t3?,4-/m1/s1. The van der Waals surface area contributed by atoms with Crippen molar-refractivity contribution < 1.29 is 24.2 Å². The highest BCUT2D eigenvalue weighted by Crippen LogP contribution is 2.08. The van der Waals surface area contributed by atoms with Crippen molar-refractivity contribution in [3.63, 3.8) is 0 Å². The smallest absolute Gasteiger partial charge is 0.338 e. The molecule has 0 radical (unpaired) electrons. The fourth-order valence-electron chi connectivity index (χ4n) is 0.512. The minimum Gasteiger partial charge on any atom is -0.481 e. The van der Waals surface area contributed by atoms with E-state index in [4.69, 9.17) is 10.2 Å². The molecule has 0 aliphatic rings. The Labute approximate surface area is 62.6 Å². The average molecular weight is 164 g/mol. The van der Waals surface area contributed by atoms with Gasteiger partial charge >= 0.3 is 11.9 Å². The minimum atomic E-state index is -2.08. The Bertz CT molecular complexity index is 150. The predicted molar refractivity (Wildman–Crippen MR) is 33.9 cm³/mol. The summed E-state index contributed by atoms with van der Waals surface area (Å²) in [7, 11) is 0. The summed E-state index contributed by atoms with van der Waals surface area (Å²) in [5.74, 6) is -3.76. The molecule has 0 saturated heterocycles. The maximum atomic E-state index is 12.3. The largest absolute Gasteiger partial charge is 0.481 e. The van der Waals surface area contributed by atoms with Crippen molar-refractivity contribution in [2.24, 2.45) is 5.92 Å². The molecule has 0 rings (SSSR count). The van der Waals surface area contributed by atoms with Crippen LogP contribution >= 0.6 is 0 Å². The van der Waals surface area contributed by atoms with Gasteiger partial charge in [0, 0.05) is 6.42 Å². The molecule has 2 atom stereocenters. The Morgan fingerprint density at radius 3 is 2.09 bits per heavy atom. The van der Waals surface area contributed by atoms with Gasteiger partial charge in [0.05, 0.1) is 5.92 Å². The van der Waals surface area contributed by atoms with Crippen molar-refractivity contribution in [3.05, 3.63) is 0 Å². The number of hydrogen-bond donors (Lipinski definition) is 2. The number of halogens is 1. The van der Waals surface area contributed by atoms with Crippen LogP contribution in [0.1, 0.15) is 13.3 Å². The Morgan fingerprint density at radius 2 is 1.82 bits per heavy atom. The minimum absolute atomic E-state index is 0.481. The summed E-state index contributed by atoms with van der Waals surface area (Å²) in [6.45, 7) is 1.26. The molecule has 0 bridgehead atoms. The van der Waals surface area contributed by atoms with E-state index in [9.17, 15) is 14.0 Å². The van der Waals surface area contributed by atoms with Gasteiger partial charge in [0.2, 0.25) is 0 Å². The molecule has 5 heteroatoms. The van der Waals surface area contributed by atoms with Crippen LogP contribution < -0.4 is 0 Å². The first-order valence-corrected chi connectivity index (χ1v) is 3.04. The van der Waals surface area contributed by atoms with Gasteiger partial charge in [0.1, 0.15) is 0 Å². The third-order valence-electron chi connectivity index (χ3n) is 1.25.